The highest BCUT2D eigenvalue weighted by atomic mass is 19.4. The number of rotatable bonds is 5. The SMILES string of the molecule is Cn1nc(-c2ccc(OC(F)(F)F)cc2)cc1COc1ccc2[nH]ccc2c1. The topological polar surface area (TPSA) is 52.1 Å². The van der Waals surface area contributed by atoms with Crippen LogP contribution in [0.25, 0.3) is 22.2 Å². The molecular formula is C20H16F3N3O2. The number of aryl methyl sites for hydroxylation is 1. The van der Waals surface area contributed by atoms with Gasteiger partial charge in [0.15, 0.2) is 0 Å². The number of benzene rings is 2. The highest BCUT2D eigenvalue weighted by molar-refractivity contribution is 5.80. The van der Waals surface area contributed by atoms with Crippen LogP contribution in [0.5, 0.6) is 11.5 Å². The molecule has 0 radical (unpaired) electrons. The van der Waals surface area contributed by atoms with Crippen molar-refractivity contribution in [3.63, 3.8) is 0 Å². The molecule has 5 nitrogen and oxygen atoms in total. The Kier molecular flexibility index (Phi) is 4.46. The van der Waals surface area contributed by atoms with E-state index >= 15 is 0 Å². The molecule has 4 rings (SSSR count). The number of halogens is 3. The number of hydrogen-bond acceptors (Lipinski definition) is 3. The number of ether oxygens (including phenoxy) is 2. The molecule has 0 saturated heterocycles. The van der Waals surface area contributed by atoms with Gasteiger partial charge in [0.05, 0.1) is 11.4 Å². The molecule has 0 saturated carbocycles. The van der Waals surface area contributed by atoms with Crippen molar-refractivity contribution in [2.45, 2.75) is 13.0 Å². The summed E-state index contributed by atoms with van der Waals surface area (Å²) in [5, 5.41) is 5.47. The van der Waals surface area contributed by atoms with Crippen molar-refractivity contribution < 1.29 is 22.6 Å². The number of fused-ring (bicyclic) bond motifs is 1. The summed E-state index contributed by atoms with van der Waals surface area (Å²) in [5.74, 6) is 0.472. The van der Waals surface area contributed by atoms with Crippen molar-refractivity contribution in [1.29, 1.82) is 0 Å². The van der Waals surface area contributed by atoms with E-state index in [1.165, 1.54) is 24.3 Å². The fourth-order valence-corrected chi connectivity index (χ4v) is 2.89. The lowest BCUT2D eigenvalue weighted by molar-refractivity contribution is -0.274. The molecule has 0 amide bonds. The predicted octanol–water partition coefficient (Wildman–Crippen LogP) is 5.05. The van der Waals surface area contributed by atoms with Crippen molar-refractivity contribution >= 4 is 10.9 Å². The fourth-order valence-electron chi connectivity index (χ4n) is 2.89. The summed E-state index contributed by atoms with van der Waals surface area (Å²) in [4.78, 5) is 3.13. The Morgan fingerprint density at radius 1 is 1.00 bits per heavy atom. The number of aromatic amines is 1. The minimum atomic E-state index is -4.71. The Morgan fingerprint density at radius 3 is 2.50 bits per heavy atom. The lowest BCUT2D eigenvalue weighted by Crippen LogP contribution is -2.16. The molecule has 1 N–H and O–H groups in total. The van der Waals surface area contributed by atoms with E-state index in [1.807, 2.05) is 36.5 Å². The first-order valence-electron chi connectivity index (χ1n) is 8.46. The molecule has 2 aromatic carbocycles. The van der Waals surface area contributed by atoms with Gasteiger partial charge in [0, 0.05) is 29.7 Å². The average Bonchev–Trinajstić information content (AvgIpc) is 3.25. The number of alkyl halides is 3. The first-order chi connectivity index (χ1) is 13.4. The van der Waals surface area contributed by atoms with Crippen LogP contribution < -0.4 is 9.47 Å². The number of nitrogens with one attached hydrogen (secondary N) is 1. The van der Waals surface area contributed by atoms with Crippen LogP contribution in [-0.4, -0.2) is 21.1 Å². The van der Waals surface area contributed by atoms with E-state index in [0.717, 1.165) is 22.3 Å². The zero-order valence-corrected chi connectivity index (χ0v) is 14.8. The Balaban J connectivity index is 1.47. The summed E-state index contributed by atoms with van der Waals surface area (Å²) in [6, 6.07) is 15.2. The minimum Gasteiger partial charge on any atom is -0.487 e. The van der Waals surface area contributed by atoms with E-state index < -0.39 is 6.36 Å². The second-order valence-electron chi connectivity index (χ2n) is 6.23. The maximum atomic E-state index is 12.3. The van der Waals surface area contributed by atoms with Crippen LogP contribution in [0.1, 0.15) is 5.69 Å². The Bertz CT molecular complexity index is 1100. The van der Waals surface area contributed by atoms with Gasteiger partial charge in [0.2, 0.25) is 0 Å². The molecular weight excluding hydrogens is 371 g/mol. The number of aromatic nitrogens is 3. The first-order valence-corrected chi connectivity index (χ1v) is 8.46. The van der Waals surface area contributed by atoms with Gasteiger partial charge < -0.3 is 14.5 Å². The third-order valence-corrected chi connectivity index (χ3v) is 4.27. The smallest absolute Gasteiger partial charge is 0.487 e. The zero-order valence-electron chi connectivity index (χ0n) is 14.8. The molecule has 0 aliphatic carbocycles. The third-order valence-electron chi connectivity index (χ3n) is 4.27. The van der Waals surface area contributed by atoms with Crippen molar-refractivity contribution in [2.24, 2.45) is 7.05 Å². The van der Waals surface area contributed by atoms with Gasteiger partial charge in [-0.3, -0.25) is 4.68 Å². The van der Waals surface area contributed by atoms with Crippen LogP contribution in [0, 0.1) is 0 Å². The standard InChI is InChI=1S/C20H16F3N3O2/c1-26-15(12-27-17-6-7-18-14(10-17)8-9-24-18)11-19(25-26)13-2-4-16(5-3-13)28-20(21,22)23/h2-11,24H,12H2,1H3. The van der Waals surface area contributed by atoms with Crippen molar-refractivity contribution in [1.82, 2.24) is 14.8 Å². The van der Waals surface area contributed by atoms with Crippen LogP contribution in [0.4, 0.5) is 13.2 Å². The molecule has 28 heavy (non-hydrogen) atoms. The number of nitrogens with zero attached hydrogens (tertiary/aromatic N) is 2. The molecule has 144 valence electrons. The van der Waals surface area contributed by atoms with E-state index in [9.17, 15) is 13.2 Å². The van der Waals surface area contributed by atoms with Crippen molar-refractivity contribution in [3.05, 3.63) is 66.5 Å². The average molecular weight is 387 g/mol. The Labute approximate surface area is 158 Å². The van der Waals surface area contributed by atoms with Crippen LogP contribution in [0.15, 0.2) is 60.8 Å². The van der Waals surface area contributed by atoms with E-state index in [-0.39, 0.29) is 5.75 Å². The van der Waals surface area contributed by atoms with Gasteiger partial charge in [-0.05, 0) is 54.6 Å². The summed E-state index contributed by atoms with van der Waals surface area (Å²) in [7, 11) is 1.79. The van der Waals surface area contributed by atoms with Crippen LogP contribution in [0.2, 0.25) is 0 Å². The second-order valence-corrected chi connectivity index (χ2v) is 6.23. The molecule has 0 unspecified atom stereocenters. The normalized spacial score (nSPS) is 11.7. The zero-order chi connectivity index (χ0) is 19.7. The molecule has 0 atom stereocenters. The molecule has 0 bridgehead atoms. The van der Waals surface area contributed by atoms with Gasteiger partial charge in [0.1, 0.15) is 18.1 Å². The summed E-state index contributed by atoms with van der Waals surface area (Å²) in [6.07, 6.45) is -2.84. The van der Waals surface area contributed by atoms with Crippen molar-refractivity contribution in [3.8, 4) is 22.8 Å². The van der Waals surface area contributed by atoms with E-state index in [0.29, 0.717) is 17.9 Å². The molecule has 2 aromatic heterocycles. The van der Waals surface area contributed by atoms with Gasteiger partial charge in [-0.2, -0.15) is 5.10 Å². The molecule has 2 heterocycles. The van der Waals surface area contributed by atoms with Gasteiger partial charge >= 0.3 is 6.36 Å². The maximum Gasteiger partial charge on any atom is 0.573 e. The molecule has 0 aliphatic heterocycles. The van der Waals surface area contributed by atoms with Gasteiger partial charge in [0.25, 0.3) is 0 Å². The quantitative estimate of drug-likeness (QED) is 0.522. The third kappa shape index (κ3) is 3.95. The van der Waals surface area contributed by atoms with Gasteiger partial charge in [-0.1, -0.05) is 0 Å². The maximum absolute atomic E-state index is 12.3. The summed E-state index contributed by atoms with van der Waals surface area (Å²) >= 11 is 0. The molecule has 4 aromatic rings. The van der Waals surface area contributed by atoms with E-state index in [2.05, 4.69) is 14.8 Å². The second kappa shape index (κ2) is 6.95. The lowest BCUT2D eigenvalue weighted by Gasteiger charge is -2.08. The number of H-pyrrole nitrogens is 1. The molecule has 8 heteroatoms. The Hall–Kier alpha value is -3.42. The Morgan fingerprint density at radius 2 is 1.75 bits per heavy atom. The summed E-state index contributed by atoms with van der Waals surface area (Å²) < 4.78 is 48.2. The lowest BCUT2D eigenvalue weighted by atomic mass is 10.1. The summed E-state index contributed by atoms with van der Waals surface area (Å²) in [5.41, 5.74) is 3.19. The van der Waals surface area contributed by atoms with Gasteiger partial charge in [-0.15, -0.1) is 13.2 Å². The van der Waals surface area contributed by atoms with Crippen LogP contribution >= 0.6 is 0 Å². The highest BCUT2D eigenvalue weighted by Crippen LogP contribution is 2.27. The summed E-state index contributed by atoms with van der Waals surface area (Å²) in [6.45, 7) is 0.314. The van der Waals surface area contributed by atoms with Gasteiger partial charge in [-0.25, -0.2) is 0 Å². The largest absolute Gasteiger partial charge is 0.573 e. The minimum absolute atomic E-state index is 0.268. The van der Waals surface area contributed by atoms with Crippen molar-refractivity contribution in [2.75, 3.05) is 0 Å². The predicted molar refractivity (Wildman–Crippen MR) is 98.0 cm³/mol. The highest BCUT2D eigenvalue weighted by Gasteiger charge is 2.31. The fraction of sp³-hybridized carbons (Fsp3) is 0.150. The molecule has 0 spiro atoms. The first kappa shape index (κ1) is 18.0. The number of hydrogen-bond donors (Lipinski definition) is 1. The molecule has 0 fully saturated rings. The van der Waals surface area contributed by atoms with Crippen LogP contribution in [-0.2, 0) is 13.7 Å². The molecule has 0 aliphatic rings. The van der Waals surface area contributed by atoms with Crippen LogP contribution in [0.3, 0.4) is 0 Å². The van der Waals surface area contributed by atoms with E-state index in [4.69, 9.17) is 4.74 Å². The van der Waals surface area contributed by atoms with E-state index in [1.54, 1.807) is 11.7 Å². The monoisotopic (exact) mass is 387 g/mol.